The fourth-order valence-electron chi connectivity index (χ4n) is 3.55. The van der Waals surface area contributed by atoms with Gasteiger partial charge in [0.05, 0.1) is 12.2 Å². The van der Waals surface area contributed by atoms with Crippen LogP contribution in [0.2, 0.25) is 0 Å². The molecule has 2 bridgehead atoms. The van der Waals surface area contributed by atoms with E-state index < -0.39 is 6.10 Å². The van der Waals surface area contributed by atoms with Gasteiger partial charge in [-0.3, -0.25) is 0 Å². The lowest BCUT2D eigenvalue weighted by atomic mass is 9.84. The van der Waals surface area contributed by atoms with E-state index in [1.807, 2.05) is 18.2 Å². The van der Waals surface area contributed by atoms with Crippen LogP contribution in [0.5, 0.6) is 0 Å². The van der Waals surface area contributed by atoms with Crippen LogP contribution < -0.4 is 0 Å². The van der Waals surface area contributed by atoms with Crippen molar-refractivity contribution < 1.29 is 14.3 Å². The Kier molecular flexibility index (Phi) is 2.47. The third-order valence-corrected chi connectivity index (χ3v) is 4.54. The number of hydrogen-bond acceptors (Lipinski definition) is 3. The maximum atomic E-state index is 10.5. The maximum Gasteiger partial charge on any atom is 0.134 e. The van der Waals surface area contributed by atoms with Crippen molar-refractivity contribution in [2.75, 3.05) is 0 Å². The van der Waals surface area contributed by atoms with Crippen molar-refractivity contribution in [2.45, 2.75) is 44.5 Å². The second-order valence-corrected chi connectivity index (χ2v) is 5.91. The summed E-state index contributed by atoms with van der Waals surface area (Å²) in [4.78, 5) is 0. The Balaban J connectivity index is 1.66. The molecule has 2 aliphatic rings. The van der Waals surface area contributed by atoms with E-state index in [-0.39, 0.29) is 12.0 Å². The predicted molar refractivity (Wildman–Crippen MR) is 71.9 cm³/mol. The standard InChI is InChI=1S/C16H18O3/c1-9-2-4-13-10(6-9)7-15(19-13)16(17)12-8-11-3-5-14(12)18-11/h2,4,6-7,11-12,14,16-17H,3,5,8H2,1H3. The summed E-state index contributed by atoms with van der Waals surface area (Å²) in [5.41, 5.74) is 2.06. The van der Waals surface area contributed by atoms with Crippen molar-refractivity contribution in [1.82, 2.24) is 0 Å². The van der Waals surface area contributed by atoms with Gasteiger partial charge >= 0.3 is 0 Å². The van der Waals surface area contributed by atoms with Crippen LogP contribution in [0.1, 0.15) is 36.7 Å². The average Bonchev–Trinajstić information content (AvgIpc) is 3.11. The van der Waals surface area contributed by atoms with Gasteiger partial charge in [0.2, 0.25) is 0 Å². The molecule has 2 fully saturated rings. The Morgan fingerprint density at radius 3 is 2.89 bits per heavy atom. The average molecular weight is 258 g/mol. The lowest BCUT2D eigenvalue weighted by molar-refractivity contribution is 0.0323. The highest BCUT2D eigenvalue weighted by Gasteiger charge is 2.45. The van der Waals surface area contributed by atoms with Gasteiger partial charge in [-0.2, -0.15) is 0 Å². The minimum Gasteiger partial charge on any atom is -0.458 e. The first kappa shape index (κ1) is 11.5. The molecule has 100 valence electrons. The second kappa shape index (κ2) is 4.09. The van der Waals surface area contributed by atoms with E-state index in [0.29, 0.717) is 11.9 Å². The van der Waals surface area contributed by atoms with Crippen molar-refractivity contribution in [1.29, 1.82) is 0 Å². The van der Waals surface area contributed by atoms with Crippen molar-refractivity contribution in [2.24, 2.45) is 5.92 Å². The molecule has 3 nitrogen and oxygen atoms in total. The highest BCUT2D eigenvalue weighted by Crippen LogP contribution is 2.45. The zero-order chi connectivity index (χ0) is 13.0. The fourth-order valence-corrected chi connectivity index (χ4v) is 3.55. The number of aliphatic hydroxyl groups is 1. The number of fused-ring (bicyclic) bond motifs is 3. The molecule has 0 radical (unpaired) electrons. The molecular weight excluding hydrogens is 240 g/mol. The first-order valence-electron chi connectivity index (χ1n) is 7.04. The van der Waals surface area contributed by atoms with E-state index in [4.69, 9.17) is 9.15 Å². The summed E-state index contributed by atoms with van der Waals surface area (Å²) in [7, 11) is 0. The number of aliphatic hydroxyl groups excluding tert-OH is 1. The van der Waals surface area contributed by atoms with E-state index in [2.05, 4.69) is 13.0 Å². The van der Waals surface area contributed by atoms with Crippen molar-refractivity contribution >= 4 is 11.0 Å². The first-order valence-corrected chi connectivity index (χ1v) is 7.04. The smallest absolute Gasteiger partial charge is 0.134 e. The van der Waals surface area contributed by atoms with Gasteiger partial charge in [0.15, 0.2) is 0 Å². The van der Waals surface area contributed by atoms with Crippen LogP contribution in [0.3, 0.4) is 0 Å². The summed E-state index contributed by atoms with van der Waals surface area (Å²) < 4.78 is 11.6. The van der Waals surface area contributed by atoms with Gasteiger partial charge in [0, 0.05) is 11.3 Å². The maximum absolute atomic E-state index is 10.5. The molecule has 2 aliphatic heterocycles. The summed E-state index contributed by atoms with van der Waals surface area (Å²) in [5.74, 6) is 0.877. The van der Waals surface area contributed by atoms with E-state index >= 15 is 0 Å². The molecule has 19 heavy (non-hydrogen) atoms. The summed E-state index contributed by atoms with van der Waals surface area (Å²) in [5, 5.41) is 11.6. The molecule has 2 aromatic rings. The Morgan fingerprint density at radius 1 is 1.26 bits per heavy atom. The van der Waals surface area contributed by atoms with Crippen LogP contribution in [0.4, 0.5) is 0 Å². The van der Waals surface area contributed by atoms with Gasteiger partial charge in [-0.25, -0.2) is 0 Å². The highest BCUT2D eigenvalue weighted by atomic mass is 16.5. The molecular formula is C16H18O3. The van der Waals surface area contributed by atoms with Gasteiger partial charge in [0.1, 0.15) is 17.4 Å². The third kappa shape index (κ3) is 1.80. The van der Waals surface area contributed by atoms with Crippen molar-refractivity contribution in [3.63, 3.8) is 0 Å². The third-order valence-electron chi connectivity index (χ3n) is 4.54. The molecule has 0 aliphatic carbocycles. The number of ether oxygens (including phenoxy) is 1. The normalized spacial score (nSPS) is 31.2. The van der Waals surface area contributed by atoms with E-state index in [9.17, 15) is 5.11 Å². The zero-order valence-corrected chi connectivity index (χ0v) is 11.0. The quantitative estimate of drug-likeness (QED) is 0.898. The molecule has 1 aromatic heterocycles. The van der Waals surface area contributed by atoms with Crippen molar-refractivity contribution in [3.05, 3.63) is 35.6 Å². The van der Waals surface area contributed by atoms with Crippen LogP contribution in [0, 0.1) is 12.8 Å². The number of benzene rings is 1. The monoisotopic (exact) mass is 258 g/mol. The summed E-state index contributed by atoms with van der Waals surface area (Å²) in [6.07, 6.45) is 3.22. The molecule has 2 saturated heterocycles. The summed E-state index contributed by atoms with van der Waals surface area (Å²) in [6, 6.07) is 8.06. The van der Waals surface area contributed by atoms with Gasteiger partial charge in [-0.15, -0.1) is 0 Å². The number of rotatable bonds is 2. The van der Waals surface area contributed by atoms with Crippen LogP contribution in [0.15, 0.2) is 28.7 Å². The highest BCUT2D eigenvalue weighted by molar-refractivity contribution is 5.78. The summed E-state index contributed by atoms with van der Waals surface area (Å²) in [6.45, 7) is 2.06. The molecule has 4 atom stereocenters. The topological polar surface area (TPSA) is 42.6 Å². The second-order valence-electron chi connectivity index (χ2n) is 5.91. The van der Waals surface area contributed by atoms with Gasteiger partial charge in [-0.1, -0.05) is 11.6 Å². The van der Waals surface area contributed by atoms with Crippen LogP contribution in [0.25, 0.3) is 11.0 Å². The van der Waals surface area contributed by atoms with Crippen LogP contribution in [-0.2, 0) is 4.74 Å². The molecule has 0 saturated carbocycles. The predicted octanol–water partition coefficient (Wildman–Crippen LogP) is 3.34. The lowest BCUT2D eigenvalue weighted by Crippen LogP contribution is -2.23. The molecule has 4 rings (SSSR count). The molecule has 0 spiro atoms. The van der Waals surface area contributed by atoms with Crippen LogP contribution in [-0.4, -0.2) is 17.3 Å². The Morgan fingerprint density at radius 2 is 2.16 bits per heavy atom. The van der Waals surface area contributed by atoms with Crippen molar-refractivity contribution in [3.8, 4) is 0 Å². The Labute approximate surface area is 112 Å². The van der Waals surface area contributed by atoms with E-state index in [1.165, 1.54) is 5.56 Å². The minimum absolute atomic E-state index is 0.195. The zero-order valence-electron chi connectivity index (χ0n) is 11.0. The Hall–Kier alpha value is -1.32. The molecule has 1 N–H and O–H groups in total. The first-order chi connectivity index (χ1) is 9.20. The number of furan rings is 1. The largest absolute Gasteiger partial charge is 0.458 e. The number of aryl methyl sites for hydroxylation is 1. The minimum atomic E-state index is -0.539. The van der Waals surface area contributed by atoms with Gasteiger partial charge in [0.25, 0.3) is 0 Å². The SMILES string of the molecule is Cc1ccc2oc(C(O)C3CC4CCC3O4)cc2c1. The lowest BCUT2D eigenvalue weighted by Gasteiger charge is -2.22. The molecule has 4 unspecified atom stereocenters. The molecule has 1 aromatic carbocycles. The Bertz CT molecular complexity index is 615. The van der Waals surface area contributed by atoms with E-state index in [0.717, 1.165) is 30.2 Å². The van der Waals surface area contributed by atoms with Crippen LogP contribution >= 0.6 is 0 Å². The van der Waals surface area contributed by atoms with Gasteiger partial charge in [-0.05, 0) is 44.4 Å². The molecule has 3 heterocycles. The summed E-state index contributed by atoms with van der Waals surface area (Å²) >= 11 is 0. The molecule has 3 heteroatoms. The molecule has 0 amide bonds. The van der Waals surface area contributed by atoms with Gasteiger partial charge < -0.3 is 14.3 Å². The number of hydrogen-bond donors (Lipinski definition) is 1. The fraction of sp³-hybridized carbons (Fsp3) is 0.500. The van der Waals surface area contributed by atoms with E-state index in [1.54, 1.807) is 0 Å².